The molecule has 9 heteroatoms. The number of hydrogen-bond donors (Lipinski definition) is 1. The highest BCUT2D eigenvalue weighted by atomic mass is 35.5. The van der Waals surface area contributed by atoms with Crippen molar-refractivity contribution in [2.75, 3.05) is 11.9 Å². The topological polar surface area (TPSA) is 81.9 Å². The van der Waals surface area contributed by atoms with Crippen molar-refractivity contribution in [2.45, 2.75) is 30.8 Å². The SMILES string of the molecule is CCOC(=O)C1=C(C)Nc2nc(SCc3ccccc3Cl)nn2C1c1ccccn1. The van der Waals surface area contributed by atoms with Crippen LogP contribution in [-0.4, -0.2) is 32.3 Å². The number of ether oxygens (including phenoxy) is 1. The molecule has 0 spiro atoms. The minimum Gasteiger partial charge on any atom is -0.463 e. The zero-order valence-electron chi connectivity index (χ0n) is 16.5. The summed E-state index contributed by atoms with van der Waals surface area (Å²) in [7, 11) is 0. The molecule has 1 aliphatic rings. The summed E-state index contributed by atoms with van der Waals surface area (Å²) in [5, 5.41) is 9.13. The number of anilines is 1. The third-order valence-electron chi connectivity index (χ3n) is 4.61. The fraction of sp³-hybridized carbons (Fsp3) is 0.238. The molecule has 1 atom stereocenters. The first kappa shape index (κ1) is 20.4. The largest absolute Gasteiger partial charge is 0.463 e. The van der Waals surface area contributed by atoms with Gasteiger partial charge in [-0.3, -0.25) is 4.98 Å². The number of rotatable bonds is 6. The maximum atomic E-state index is 12.7. The van der Waals surface area contributed by atoms with E-state index in [2.05, 4.69) is 20.4 Å². The summed E-state index contributed by atoms with van der Waals surface area (Å²) in [5.41, 5.74) is 2.84. The Morgan fingerprint density at radius 3 is 2.80 bits per heavy atom. The van der Waals surface area contributed by atoms with E-state index in [1.165, 1.54) is 11.8 Å². The van der Waals surface area contributed by atoms with Crippen molar-refractivity contribution in [2.24, 2.45) is 0 Å². The summed E-state index contributed by atoms with van der Waals surface area (Å²) >= 11 is 7.74. The molecule has 1 aromatic carbocycles. The van der Waals surface area contributed by atoms with Gasteiger partial charge in [-0.2, -0.15) is 4.98 Å². The highest BCUT2D eigenvalue weighted by Gasteiger charge is 2.35. The van der Waals surface area contributed by atoms with Gasteiger partial charge in [0, 0.05) is 22.7 Å². The van der Waals surface area contributed by atoms with Crippen LogP contribution in [0.15, 0.2) is 65.1 Å². The highest BCUT2D eigenvalue weighted by Crippen LogP contribution is 2.36. The molecule has 0 fully saturated rings. The average molecular weight is 442 g/mol. The average Bonchev–Trinajstić information content (AvgIpc) is 3.15. The molecule has 3 heterocycles. The number of pyridine rings is 1. The molecule has 0 bridgehead atoms. The number of carbonyl (C=O) groups excluding carboxylic acids is 1. The van der Waals surface area contributed by atoms with Gasteiger partial charge in [0.1, 0.15) is 6.04 Å². The van der Waals surface area contributed by atoms with Gasteiger partial charge in [-0.15, -0.1) is 5.10 Å². The van der Waals surface area contributed by atoms with E-state index in [-0.39, 0.29) is 6.61 Å². The molecule has 0 radical (unpaired) electrons. The van der Waals surface area contributed by atoms with E-state index in [0.29, 0.717) is 38.8 Å². The molecule has 2 aromatic heterocycles. The summed E-state index contributed by atoms with van der Waals surface area (Å²) in [4.78, 5) is 21.8. The van der Waals surface area contributed by atoms with E-state index in [1.54, 1.807) is 17.8 Å². The molecule has 7 nitrogen and oxygen atoms in total. The summed E-state index contributed by atoms with van der Waals surface area (Å²) in [6.45, 7) is 3.90. The van der Waals surface area contributed by atoms with Gasteiger partial charge in [0.05, 0.1) is 17.9 Å². The lowest BCUT2D eigenvalue weighted by atomic mass is 10.00. The first-order valence-electron chi connectivity index (χ1n) is 9.47. The predicted octanol–water partition coefficient (Wildman–Crippen LogP) is 4.47. The Bertz CT molecular complexity index is 1100. The Kier molecular flexibility index (Phi) is 6.06. The van der Waals surface area contributed by atoms with Gasteiger partial charge in [0.25, 0.3) is 0 Å². The van der Waals surface area contributed by atoms with E-state index in [9.17, 15) is 4.79 Å². The van der Waals surface area contributed by atoms with Gasteiger partial charge in [0.2, 0.25) is 11.1 Å². The lowest BCUT2D eigenvalue weighted by Gasteiger charge is -2.27. The minimum atomic E-state index is -0.524. The van der Waals surface area contributed by atoms with Gasteiger partial charge in [0.15, 0.2) is 0 Å². The zero-order valence-corrected chi connectivity index (χ0v) is 18.1. The number of fused-ring (bicyclic) bond motifs is 1. The van der Waals surface area contributed by atoms with Crippen LogP contribution in [0.5, 0.6) is 0 Å². The van der Waals surface area contributed by atoms with Crippen LogP contribution in [0, 0.1) is 0 Å². The maximum absolute atomic E-state index is 12.7. The van der Waals surface area contributed by atoms with Gasteiger partial charge in [-0.1, -0.05) is 47.6 Å². The second-order valence-corrected chi connectivity index (χ2v) is 7.93. The van der Waals surface area contributed by atoms with E-state index in [4.69, 9.17) is 16.3 Å². The van der Waals surface area contributed by atoms with Crippen LogP contribution in [0.3, 0.4) is 0 Å². The number of esters is 1. The fourth-order valence-electron chi connectivity index (χ4n) is 3.23. The van der Waals surface area contributed by atoms with Crippen molar-refractivity contribution in [3.63, 3.8) is 0 Å². The van der Waals surface area contributed by atoms with Crippen LogP contribution in [0.4, 0.5) is 5.95 Å². The zero-order chi connectivity index (χ0) is 21.1. The number of benzene rings is 1. The Morgan fingerprint density at radius 1 is 1.27 bits per heavy atom. The maximum Gasteiger partial charge on any atom is 0.338 e. The van der Waals surface area contributed by atoms with Crippen molar-refractivity contribution < 1.29 is 9.53 Å². The van der Waals surface area contributed by atoms with Crippen LogP contribution in [-0.2, 0) is 15.3 Å². The van der Waals surface area contributed by atoms with Crippen molar-refractivity contribution >= 4 is 35.3 Å². The number of nitrogens with one attached hydrogen (secondary N) is 1. The normalized spacial score (nSPS) is 15.5. The summed E-state index contributed by atoms with van der Waals surface area (Å²) in [6, 6.07) is 12.7. The van der Waals surface area contributed by atoms with E-state index < -0.39 is 12.0 Å². The van der Waals surface area contributed by atoms with E-state index >= 15 is 0 Å². The fourth-order valence-corrected chi connectivity index (χ4v) is 4.35. The van der Waals surface area contributed by atoms with Crippen molar-refractivity contribution in [1.29, 1.82) is 0 Å². The summed E-state index contributed by atoms with van der Waals surface area (Å²) < 4.78 is 6.99. The lowest BCUT2D eigenvalue weighted by Crippen LogP contribution is -2.30. The van der Waals surface area contributed by atoms with Gasteiger partial charge < -0.3 is 10.1 Å². The first-order valence-corrected chi connectivity index (χ1v) is 10.8. The summed E-state index contributed by atoms with van der Waals surface area (Å²) in [5.74, 6) is 0.788. The van der Waals surface area contributed by atoms with Crippen LogP contribution >= 0.6 is 23.4 Å². The van der Waals surface area contributed by atoms with Gasteiger partial charge in [-0.25, -0.2) is 9.48 Å². The number of aromatic nitrogens is 4. The van der Waals surface area contributed by atoms with Crippen molar-refractivity contribution in [3.05, 3.63) is 76.2 Å². The summed E-state index contributed by atoms with van der Waals surface area (Å²) in [6.07, 6.45) is 1.69. The molecule has 4 rings (SSSR count). The lowest BCUT2D eigenvalue weighted by molar-refractivity contribution is -0.139. The number of thioether (sulfide) groups is 1. The van der Waals surface area contributed by atoms with E-state index in [1.807, 2.05) is 49.4 Å². The monoisotopic (exact) mass is 441 g/mol. The molecule has 0 amide bonds. The molecule has 1 unspecified atom stereocenters. The highest BCUT2D eigenvalue weighted by molar-refractivity contribution is 7.98. The van der Waals surface area contributed by atoms with Crippen LogP contribution in [0.1, 0.15) is 31.1 Å². The Hall–Kier alpha value is -2.84. The van der Waals surface area contributed by atoms with Crippen molar-refractivity contribution in [3.8, 4) is 0 Å². The van der Waals surface area contributed by atoms with Gasteiger partial charge >= 0.3 is 5.97 Å². The second kappa shape index (κ2) is 8.89. The van der Waals surface area contributed by atoms with E-state index in [0.717, 1.165) is 5.56 Å². The minimum absolute atomic E-state index is 0.285. The third-order valence-corrected chi connectivity index (χ3v) is 5.87. The molecular formula is C21H20ClN5O2S. The molecule has 154 valence electrons. The molecular weight excluding hydrogens is 422 g/mol. The quantitative estimate of drug-likeness (QED) is 0.446. The predicted molar refractivity (Wildman–Crippen MR) is 116 cm³/mol. The number of nitrogens with zero attached hydrogens (tertiary/aromatic N) is 4. The smallest absolute Gasteiger partial charge is 0.338 e. The van der Waals surface area contributed by atoms with Crippen molar-refractivity contribution in [1.82, 2.24) is 19.7 Å². The third kappa shape index (κ3) is 4.06. The molecule has 0 saturated carbocycles. The van der Waals surface area contributed by atoms with Crippen LogP contribution in [0.2, 0.25) is 5.02 Å². The number of halogens is 1. The Balaban J connectivity index is 1.68. The standard InChI is InChI=1S/C21H20ClN5O2S/c1-3-29-19(28)17-13(2)24-20-25-21(30-12-14-8-4-5-9-15(14)22)26-27(20)18(17)16-10-6-7-11-23-16/h4-11,18H,3,12H2,1-2H3,(H,24,25,26). The molecule has 1 N–H and O–H groups in total. The number of allylic oxidation sites excluding steroid dienone is 1. The number of carbonyl (C=O) groups is 1. The molecule has 0 aliphatic carbocycles. The number of hydrogen-bond acceptors (Lipinski definition) is 7. The van der Waals surface area contributed by atoms with Crippen LogP contribution in [0.25, 0.3) is 0 Å². The second-order valence-electron chi connectivity index (χ2n) is 6.58. The molecule has 30 heavy (non-hydrogen) atoms. The van der Waals surface area contributed by atoms with Crippen LogP contribution < -0.4 is 5.32 Å². The first-order chi connectivity index (χ1) is 14.6. The molecule has 3 aromatic rings. The Morgan fingerprint density at radius 2 is 2.07 bits per heavy atom. The van der Waals surface area contributed by atoms with Gasteiger partial charge in [-0.05, 0) is 37.6 Å². The Labute approximate surface area is 183 Å². The molecule has 0 saturated heterocycles. The molecule has 1 aliphatic heterocycles.